The lowest BCUT2D eigenvalue weighted by molar-refractivity contribution is -0.129. The first-order valence-corrected chi connectivity index (χ1v) is 6.14. The Labute approximate surface area is 96.0 Å². The number of carbonyl (C=O) groups excluding carboxylic acids is 1. The molecule has 1 amide bonds. The number of halogens is 3. The van der Waals surface area contributed by atoms with Crippen LogP contribution in [-0.4, -0.2) is 52.8 Å². The van der Waals surface area contributed by atoms with Crippen LogP contribution >= 0.6 is 11.8 Å². The maximum atomic E-state index is 11.8. The van der Waals surface area contributed by atoms with Crippen molar-refractivity contribution in [1.82, 2.24) is 4.90 Å². The summed E-state index contributed by atoms with van der Waals surface area (Å²) in [5.41, 5.74) is 0. The number of amides is 1. The van der Waals surface area contributed by atoms with Gasteiger partial charge in [-0.1, -0.05) is 0 Å². The van der Waals surface area contributed by atoms with E-state index < -0.39 is 11.9 Å². The third kappa shape index (κ3) is 5.07. The fraction of sp³-hybridized carbons (Fsp3) is 0.889. The summed E-state index contributed by atoms with van der Waals surface area (Å²) in [4.78, 5) is 13.0. The van der Waals surface area contributed by atoms with Crippen molar-refractivity contribution in [2.75, 3.05) is 24.7 Å². The average Bonchev–Trinajstić information content (AvgIpc) is 2.95. The first-order chi connectivity index (χ1) is 7.44. The van der Waals surface area contributed by atoms with Gasteiger partial charge in [-0.25, -0.2) is 0 Å². The SMILES string of the molecule is O=C(CSCC(F)(F)F)N(CCO)C1CC1. The van der Waals surface area contributed by atoms with Crippen LogP contribution in [0.15, 0.2) is 0 Å². The molecule has 0 bridgehead atoms. The third-order valence-corrected chi connectivity index (χ3v) is 3.12. The maximum absolute atomic E-state index is 11.8. The highest BCUT2D eigenvalue weighted by Crippen LogP contribution is 2.28. The maximum Gasteiger partial charge on any atom is 0.397 e. The normalized spacial score (nSPS) is 16.2. The van der Waals surface area contributed by atoms with Crippen molar-refractivity contribution in [2.24, 2.45) is 0 Å². The molecule has 16 heavy (non-hydrogen) atoms. The van der Waals surface area contributed by atoms with Crippen LogP contribution in [0.3, 0.4) is 0 Å². The highest BCUT2D eigenvalue weighted by Gasteiger charge is 2.33. The van der Waals surface area contributed by atoms with Crippen LogP contribution in [-0.2, 0) is 4.79 Å². The highest BCUT2D eigenvalue weighted by molar-refractivity contribution is 8.00. The van der Waals surface area contributed by atoms with Gasteiger partial charge in [0.1, 0.15) is 0 Å². The summed E-state index contributed by atoms with van der Waals surface area (Å²) in [5, 5.41) is 8.74. The molecule has 0 unspecified atom stereocenters. The zero-order chi connectivity index (χ0) is 12.2. The van der Waals surface area contributed by atoms with Crippen molar-refractivity contribution >= 4 is 17.7 Å². The minimum atomic E-state index is -4.23. The number of hydrogen-bond donors (Lipinski definition) is 1. The van der Waals surface area contributed by atoms with Crippen molar-refractivity contribution in [2.45, 2.75) is 25.1 Å². The Morgan fingerprint density at radius 3 is 2.50 bits per heavy atom. The molecule has 0 atom stereocenters. The van der Waals surface area contributed by atoms with Crippen molar-refractivity contribution in [1.29, 1.82) is 0 Å². The summed E-state index contributed by atoms with van der Waals surface area (Å²) < 4.78 is 35.5. The fourth-order valence-electron chi connectivity index (χ4n) is 1.34. The van der Waals surface area contributed by atoms with Gasteiger partial charge in [0.15, 0.2) is 0 Å². The lowest BCUT2D eigenvalue weighted by atomic mass is 10.4. The summed E-state index contributed by atoms with van der Waals surface area (Å²) >= 11 is 0.570. The molecule has 1 rings (SSSR count). The Balaban J connectivity index is 2.26. The fourth-order valence-corrected chi connectivity index (χ4v) is 2.02. The Morgan fingerprint density at radius 2 is 2.06 bits per heavy atom. The van der Waals surface area contributed by atoms with E-state index in [1.54, 1.807) is 0 Å². The number of rotatable bonds is 6. The van der Waals surface area contributed by atoms with E-state index in [0.717, 1.165) is 12.8 Å². The largest absolute Gasteiger partial charge is 0.397 e. The minimum absolute atomic E-state index is 0.131. The molecule has 1 fully saturated rings. The molecule has 0 aliphatic heterocycles. The Hall–Kier alpha value is -0.430. The van der Waals surface area contributed by atoms with Gasteiger partial charge in [-0.15, -0.1) is 11.8 Å². The predicted molar refractivity (Wildman–Crippen MR) is 55.2 cm³/mol. The molecular formula is C9H14F3NO2S. The van der Waals surface area contributed by atoms with Gasteiger partial charge in [0.2, 0.25) is 5.91 Å². The predicted octanol–water partition coefficient (Wildman–Crippen LogP) is 1.27. The van der Waals surface area contributed by atoms with Gasteiger partial charge in [0, 0.05) is 12.6 Å². The minimum Gasteiger partial charge on any atom is -0.395 e. The average molecular weight is 257 g/mol. The van der Waals surface area contributed by atoms with Crippen molar-refractivity contribution in [3.05, 3.63) is 0 Å². The Kier molecular flexibility index (Phi) is 4.91. The molecule has 1 N–H and O–H groups in total. The van der Waals surface area contributed by atoms with Crippen molar-refractivity contribution in [3.63, 3.8) is 0 Å². The second kappa shape index (κ2) is 5.77. The van der Waals surface area contributed by atoms with E-state index in [1.807, 2.05) is 0 Å². The van der Waals surface area contributed by atoms with E-state index in [4.69, 9.17) is 5.11 Å². The van der Waals surface area contributed by atoms with Crippen LogP contribution < -0.4 is 0 Å². The quantitative estimate of drug-likeness (QED) is 0.779. The lowest BCUT2D eigenvalue weighted by Gasteiger charge is -2.21. The van der Waals surface area contributed by atoms with Gasteiger partial charge in [-0.3, -0.25) is 4.79 Å². The zero-order valence-corrected chi connectivity index (χ0v) is 9.48. The number of nitrogens with zero attached hydrogens (tertiary/aromatic N) is 1. The number of aliphatic hydroxyl groups excluding tert-OH is 1. The van der Waals surface area contributed by atoms with Gasteiger partial charge in [-0.05, 0) is 12.8 Å². The van der Waals surface area contributed by atoms with E-state index >= 15 is 0 Å². The van der Waals surface area contributed by atoms with Crippen molar-refractivity contribution in [3.8, 4) is 0 Å². The van der Waals surface area contributed by atoms with Crippen LogP contribution in [0, 0.1) is 0 Å². The van der Waals surface area contributed by atoms with Gasteiger partial charge >= 0.3 is 6.18 Å². The van der Waals surface area contributed by atoms with E-state index in [9.17, 15) is 18.0 Å². The molecule has 0 aromatic rings. The lowest BCUT2D eigenvalue weighted by Crippen LogP contribution is -2.37. The van der Waals surface area contributed by atoms with Gasteiger partial charge in [0.25, 0.3) is 0 Å². The summed E-state index contributed by atoms with van der Waals surface area (Å²) in [6.07, 6.45) is -2.46. The second-order valence-corrected chi connectivity index (χ2v) is 4.64. The smallest absolute Gasteiger partial charge is 0.395 e. The van der Waals surface area contributed by atoms with Crippen LogP contribution in [0.5, 0.6) is 0 Å². The summed E-state index contributed by atoms with van der Waals surface area (Å²) in [6.45, 7) is 0.0717. The number of aliphatic hydroxyl groups is 1. The van der Waals surface area contributed by atoms with E-state index in [2.05, 4.69) is 0 Å². The molecule has 0 radical (unpaired) electrons. The molecule has 94 valence electrons. The number of alkyl halides is 3. The molecule has 1 saturated carbocycles. The van der Waals surface area contributed by atoms with Crippen LogP contribution in [0.2, 0.25) is 0 Å². The zero-order valence-electron chi connectivity index (χ0n) is 8.66. The number of carbonyl (C=O) groups is 1. The standard InChI is InChI=1S/C9H14F3NO2S/c10-9(11,12)6-16-5-8(15)13(3-4-14)7-1-2-7/h7,14H,1-6H2. The summed E-state index contributed by atoms with van der Waals surface area (Å²) in [5.74, 6) is -1.49. The summed E-state index contributed by atoms with van der Waals surface area (Å²) in [7, 11) is 0. The molecule has 0 aromatic heterocycles. The molecule has 0 aromatic carbocycles. The molecule has 3 nitrogen and oxygen atoms in total. The molecule has 1 aliphatic carbocycles. The molecule has 0 saturated heterocycles. The second-order valence-electron chi connectivity index (χ2n) is 3.65. The van der Waals surface area contributed by atoms with Gasteiger partial charge in [0.05, 0.1) is 18.1 Å². The Bertz CT molecular complexity index is 243. The first kappa shape index (κ1) is 13.6. The van der Waals surface area contributed by atoms with Crippen LogP contribution in [0.1, 0.15) is 12.8 Å². The highest BCUT2D eigenvalue weighted by atomic mass is 32.2. The molecule has 0 heterocycles. The molecule has 1 aliphatic rings. The van der Waals surface area contributed by atoms with Crippen molar-refractivity contribution < 1.29 is 23.1 Å². The van der Waals surface area contributed by atoms with E-state index in [1.165, 1.54) is 4.90 Å². The summed E-state index contributed by atoms with van der Waals surface area (Å²) in [6, 6.07) is 0.131. The number of thioether (sulfide) groups is 1. The van der Waals surface area contributed by atoms with E-state index in [0.29, 0.717) is 11.8 Å². The first-order valence-electron chi connectivity index (χ1n) is 4.99. The van der Waals surface area contributed by atoms with Gasteiger partial charge in [-0.2, -0.15) is 13.2 Å². The number of hydrogen-bond acceptors (Lipinski definition) is 3. The Morgan fingerprint density at radius 1 is 1.44 bits per heavy atom. The van der Waals surface area contributed by atoms with Crippen LogP contribution in [0.4, 0.5) is 13.2 Å². The topological polar surface area (TPSA) is 40.5 Å². The van der Waals surface area contributed by atoms with Crippen LogP contribution in [0.25, 0.3) is 0 Å². The molecule has 7 heteroatoms. The molecule has 0 spiro atoms. The molecular weight excluding hydrogens is 243 g/mol. The van der Waals surface area contributed by atoms with Gasteiger partial charge < -0.3 is 10.0 Å². The van der Waals surface area contributed by atoms with E-state index in [-0.39, 0.29) is 30.9 Å². The third-order valence-electron chi connectivity index (χ3n) is 2.14. The monoisotopic (exact) mass is 257 g/mol.